The normalized spacial score (nSPS) is 20.9. The highest BCUT2D eigenvalue weighted by Crippen LogP contribution is 2.64. The van der Waals surface area contributed by atoms with Crippen LogP contribution >= 0.6 is 18.2 Å². The van der Waals surface area contributed by atoms with Gasteiger partial charge in [0, 0.05) is 48.7 Å². The van der Waals surface area contributed by atoms with E-state index in [4.69, 9.17) is 32.7 Å². The minimum Gasteiger partial charge on any atom is -0.497 e. The number of nitrogens with one attached hydrogen (secondary N) is 3. The molecule has 0 radical (unpaired) electrons. The minimum absolute atomic E-state index is 0.0843. The third-order valence-corrected chi connectivity index (χ3v) is 17.3. The molecule has 2 aromatic heterocycles. The summed E-state index contributed by atoms with van der Waals surface area (Å²) in [6.45, 7) is -3.68. The van der Waals surface area contributed by atoms with E-state index in [1.807, 2.05) is 84.9 Å². The molecule has 0 spiro atoms. The Hall–Kier alpha value is -6.90. The summed E-state index contributed by atoms with van der Waals surface area (Å²) < 4.78 is 60.7. The number of methoxy groups -OCH3 is 2. The van der Waals surface area contributed by atoms with Crippen molar-refractivity contribution >= 4 is 24.1 Å². The Kier molecular flexibility index (Phi) is 18.0. The van der Waals surface area contributed by atoms with Gasteiger partial charge in [-0.1, -0.05) is 84.9 Å². The average molecular weight is 1100 g/mol. The van der Waals surface area contributed by atoms with Crippen molar-refractivity contribution in [1.82, 2.24) is 24.4 Å². The molecule has 21 nitrogen and oxygen atoms in total. The highest BCUT2D eigenvalue weighted by atomic mass is 32.7. The van der Waals surface area contributed by atoms with Crippen molar-refractivity contribution in [3.05, 3.63) is 197 Å². The molecule has 2 aliphatic heterocycles. The molecular formula is C54H59N6O15PS. The Balaban J connectivity index is 1.17. The average Bonchev–Trinajstić information content (AvgIpc) is 4.08. The first-order valence-electron chi connectivity index (χ1n) is 24.6. The maximum Gasteiger partial charge on any atom is 0.389 e. The molecule has 406 valence electrons. The van der Waals surface area contributed by atoms with E-state index in [9.17, 15) is 34.7 Å². The van der Waals surface area contributed by atoms with Gasteiger partial charge in [0.05, 0.1) is 46.2 Å². The standard InChI is InChI=1S/C54H59N6O15PS/c1-34-27-59(51(66)57-48(34)63)46-25-42(62)45(74-46)30-72-76(68,75-43-26-47(73-44(43)29-61)60-28-35(2)49(64)58-52(60)67)77-33-53(31-55,50(65)56-24-23-36-11-7-5-8-12-36)32-71-54(37-13-9-6-10-14-37,38-15-19-40(69-3)20-16-38)39-17-21-41(70-4)22-18-39/h5-22,27-28,42-47,61-62H,23-26,29-30,32-33H2,1-4H3,(H,56,65)(H,57,63,66)(H,58,64,67)/t42?,43-,44+,45+,46+,47+,53?,76?/m0/s1. The van der Waals surface area contributed by atoms with E-state index < -0.39 is 109 Å². The first-order valence-corrected chi connectivity index (χ1v) is 27.7. The minimum atomic E-state index is -4.78. The van der Waals surface area contributed by atoms with Crippen molar-refractivity contribution in [3.63, 3.8) is 0 Å². The zero-order chi connectivity index (χ0) is 54.9. The maximum atomic E-state index is 15.7. The lowest BCUT2D eigenvalue weighted by atomic mass is 9.79. The summed E-state index contributed by atoms with van der Waals surface area (Å²) in [7, 11) is 3.07. The smallest absolute Gasteiger partial charge is 0.389 e. The van der Waals surface area contributed by atoms with Crippen LogP contribution in [0, 0.1) is 30.6 Å². The van der Waals surface area contributed by atoms with Crippen LogP contribution in [0.2, 0.25) is 0 Å². The topological polar surface area (TPSA) is 285 Å². The number of aliphatic hydroxyl groups is 2. The van der Waals surface area contributed by atoms with Gasteiger partial charge in [-0.15, -0.1) is 0 Å². The Labute approximate surface area is 446 Å². The Bertz CT molecular complexity index is 3290. The van der Waals surface area contributed by atoms with Crippen LogP contribution in [0.4, 0.5) is 0 Å². The SMILES string of the molecule is COc1ccc(C(OCC(C#N)(CSP(=O)(OC[C@H]2O[C@@H](n3cc(C)c(=O)[nH]c3=O)CC2O)O[C@H]2C[C@H](n3cc(C)c(=O)[nH]c3=O)O[C@@H]2CO)C(=O)NCCc2ccccc2)(c2ccccc2)c2ccc(OC)cc2)cc1. The van der Waals surface area contributed by atoms with Crippen molar-refractivity contribution < 1.29 is 52.3 Å². The van der Waals surface area contributed by atoms with Gasteiger partial charge in [0.25, 0.3) is 11.1 Å². The molecule has 0 saturated carbocycles. The van der Waals surface area contributed by atoms with E-state index in [-0.39, 0.29) is 30.5 Å². The summed E-state index contributed by atoms with van der Waals surface area (Å²) >= 11 is 0.483. The van der Waals surface area contributed by atoms with Crippen molar-refractivity contribution in [2.24, 2.45) is 5.41 Å². The lowest BCUT2D eigenvalue weighted by Crippen LogP contribution is -2.48. The summed E-state index contributed by atoms with van der Waals surface area (Å²) in [5.74, 6) is -0.297. The highest BCUT2D eigenvalue weighted by molar-refractivity contribution is 8.55. The number of amides is 1. The Morgan fingerprint density at radius 3 is 1.84 bits per heavy atom. The van der Waals surface area contributed by atoms with Crippen molar-refractivity contribution in [2.75, 3.05) is 46.3 Å². The van der Waals surface area contributed by atoms with E-state index in [2.05, 4.69) is 21.4 Å². The lowest BCUT2D eigenvalue weighted by molar-refractivity contribution is -0.132. The van der Waals surface area contributed by atoms with Crippen LogP contribution in [0.1, 0.15) is 58.7 Å². The Morgan fingerprint density at radius 2 is 1.31 bits per heavy atom. The second kappa shape index (κ2) is 24.6. The number of rotatable bonds is 23. The van der Waals surface area contributed by atoms with Crippen LogP contribution in [-0.2, 0) is 44.6 Å². The summed E-state index contributed by atoms with van der Waals surface area (Å²) in [5.41, 5.74) is -3.48. The molecule has 0 aliphatic carbocycles. The fourth-order valence-corrected chi connectivity index (χ4v) is 12.9. The van der Waals surface area contributed by atoms with E-state index in [0.29, 0.717) is 46.0 Å². The van der Waals surface area contributed by atoms with Crippen molar-refractivity contribution in [1.29, 1.82) is 5.26 Å². The molecule has 23 heteroatoms. The zero-order valence-electron chi connectivity index (χ0n) is 42.6. The van der Waals surface area contributed by atoms with Gasteiger partial charge >= 0.3 is 18.2 Å². The molecule has 2 saturated heterocycles. The van der Waals surface area contributed by atoms with Crippen molar-refractivity contribution in [2.45, 2.75) is 75.6 Å². The number of aliphatic hydroxyl groups excluding tert-OH is 2. The van der Waals surface area contributed by atoms with E-state index in [1.54, 1.807) is 24.3 Å². The predicted octanol–water partition coefficient (Wildman–Crippen LogP) is 4.77. The number of aromatic nitrogens is 4. The third-order valence-electron chi connectivity index (χ3n) is 13.5. The van der Waals surface area contributed by atoms with E-state index >= 15 is 9.36 Å². The number of carbonyl (C=O) groups excluding carboxylic acids is 1. The number of nitriles is 1. The van der Waals surface area contributed by atoms with Crippen molar-refractivity contribution in [3.8, 4) is 17.6 Å². The number of aryl methyl sites for hydroxylation is 2. The van der Waals surface area contributed by atoms with Gasteiger partial charge < -0.3 is 39.2 Å². The van der Waals surface area contributed by atoms with Crippen LogP contribution in [0.5, 0.6) is 11.5 Å². The molecule has 3 unspecified atom stereocenters. The molecule has 8 atom stereocenters. The number of hydrogen-bond acceptors (Lipinski definition) is 17. The second-order valence-corrected chi connectivity index (χ2v) is 22.6. The number of benzene rings is 4. The molecule has 5 N–H and O–H groups in total. The zero-order valence-corrected chi connectivity index (χ0v) is 44.3. The number of H-pyrrole nitrogens is 2. The van der Waals surface area contributed by atoms with Crippen LogP contribution in [0.25, 0.3) is 0 Å². The summed E-state index contributed by atoms with van der Waals surface area (Å²) in [5, 5.41) is 36.3. The predicted molar refractivity (Wildman–Crippen MR) is 283 cm³/mol. The fourth-order valence-electron chi connectivity index (χ4n) is 9.13. The molecule has 6 aromatic rings. The molecule has 1 amide bonds. The van der Waals surface area contributed by atoms with Gasteiger partial charge in [0.1, 0.15) is 47.9 Å². The summed E-state index contributed by atoms with van der Waals surface area (Å²) in [6, 6.07) is 35.0. The van der Waals surface area contributed by atoms with Gasteiger partial charge in [-0.2, -0.15) is 5.26 Å². The highest BCUT2D eigenvalue weighted by Gasteiger charge is 2.50. The molecule has 2 fully saturated rings. The molecule has 4 aromatic carbocycles. The van der Waals surface area contributed by atoms with Crippen LogP contribution < -0.4 is 37.3 Å². The molecule has 8 rings (SSSR count). The quantitative estimate of drug-likeness (QED) is 0.0427. The van der Waals surface area contributed by atoms with Crippen LogP contribution in [-0.4, -0.2) is 106 Å². The monoisotopic (exact) mass is 1090 g/mol. The maximum absolute atomic E-state index is 15.7. The summed E-state index contributed by atoms with van der Waals surface area (Å²) in [6.07, 6.45) is -4.67. The Morgan fingerprint density at radius 1 is 0.792 bits per heavy atom. The fraction of sp³-hybridized carbons (Fsp3) is 0.370. The first kappa shape index (κ1) is 56.3. The largest absolute Gasteiger partial charge is 0.497 e. The lowest BCUT2D eigenvalue weighted by Gasteiger charge is -2.38. The molecular weight excluding hydrogens is 1040 g/mol. The van der Waals surface area contributed by atoms with E-state index in [0.717, 1.165) is 14.7 Å². The van der Waals surface area contributed by atoms with Gasteiger partial charge in [-0.25, -0.2) is 14.2 Å². The van der Waals surface area contributed by atoms with Crippen LogP contribution in [0.15, 0.2) is 141 Å². The number of carbonyl (C=O) groups is 1. The molecule has 77 heavy (non-hydrogen) atoms. The number of aromatic amines is 2. The second-order valence-electron chi connectivity index (χ2n) is 18.6. The summed E-state index contributed by atoms with van der Waals surface area (Å²) in [4.78, 5) is 69.8. The van der Waals surface area contributed by atoms with Gasteiger partial charge in [0.2, 0.25) is 5.91 Å². The molecule has 0 bridgehead atoms. The van der Waals surface area contributed by atoms with E-state index in [1.165, 1.54) is 40.5 Å². The van der Waals surface area contributed by atoms with Gasteiger partial charge in [-0.3, -0.25) is 42.5 Å². The number of ether oxygens (including phenoxy) is 5. The molecule has 2 aliphatic rings. The van der Waals surface area contributed by atoms with Gasteiger partial charge in [-0.05, 0) is 78.2 Å². The number of nitrogens with zero attached hydrogens (tertiary/aromatic N) is 3. The number of hydrogen-bond donors (Lipinski definition) is 5. The first-order chi connectivity index (χ1) is 37.0. The van der Waals surface area contributed by atoms with Crippen LogP contribution in [0.3, 0.4) is 0 Å². The van der Waals surface area contributed by atoms with Gasteiger partial charge in [0.15, 0.2) is 5.41 Å². The third kappa shape index (κ3) is 12.6. The molecule has 4 heterocycles.